The van der Waals surface area contributed by atoms with Gasteiger partial charge < -0.3 is 9.13 Å². The standard InChI is InChI=1S/C22H10Br2N4O2/c1-26-14-3-5-28-20(14)11-7-13(24)17-15-10(6-12(23)18(16(11)15)22(28)30)19-9(8-25)2-4-27(19)21(17)29/h6-7H,2-5H2. The van der Waals surface area contributed by atoms with Gasteiger partial charge in [0.05, 0.1) is 39.7 Å². The Morgan fingerprint density at radius 1 is 0.900 bits per heavy atom. The Bertz CT molecular complexity index is 1700. The fraction of sp³-hybridized carbons (Fsp3) is 0.182. The Labute approximate surface area is 185 Å². The first kappa shape index (κ1) is 17.9. The molecule has 0 atom stereocenters. The van der Waals surface area contributed by atoms with E-state index < -0.39 is 0 Å². The molecular formula is C22H10Br2N4O2. The minimum atomic E-state index is -0.171. The van der Waals surface area contributed by atoms with Crippen LogP contribution in [-0.4, -0.2) is 9.13 Å². The number of pyridine rings is 2. The van der Waals surface area contributed by atoms with Crippen molar-refractivity contribution < 1.29 is 0 Å². The highest BCUT2D eigenvalue weighted by atomic mass is 79.9. The highest BCUT2D eigenvalue weighted by Gasteiger charge is 2.27. The molecule has 2 aliphatic heterocycles. The van der Waals surface area contributed by atoms with Crippen molar-refractivity contribution in [1.29, 1.82) is 5.26 Å². The van der Waals surface area contributed by atoms with Crippen molar-refractivity contribution in [2.45, 2.75) is 25.9 Å². The fourth-order valence-corrected chi connectivity index (χ4v) is 6.28. The molecule has 0 bridgehead atoms. The SMILES string of the molecule is [C-]#[N+]C1=c2c3cc(Br)c4c(=O)n5c(c6cc(Br)c(c(=O)n2CC1)c3c64)=C(C#N)CC5. The topological polar surface area (TPSA) is 72.2 Å². The van der Waals surface area contributed by atoms with E-state index in [0.717, 1.165) is 10.8 Å². The van der Waals surface area contributed by atoms with E-state index >= 15 is 0 Å². The second kappa shape index (κ2) is 5.81. The third-order valence-electron chi connectivity index (χ3n) is 6.26. The van der Waals surface area contributed by atoms with Crippen molar-refractivity contribution in [2.24, 2.45) is 0 Å². The molecule has 2 aromatic heterocycles. The lowest BCUT2D eigenvalue weighted by Crippen LogP contribution is -2.34. The molecule has 0 aliphatic carbocycles. The van der Waals surface area contributed by atoms with Crippen LogP contribution in [0.1, 0.15) is 12.8 Å². The summed E-state index contributed by atoms with van der Waals surface area (Å²) in [6.07, 6.45) is 1.02. The molecule has 2 aromatic carbocycles. The highest BCUT2D eigenvalue weighted by molar-refractivity contribution is 9.11. The molecule has 2 aliphatic rings. The van der Waals surface area contributed by atoms with E-state index in [0.29, 0.717) is 78.4 Å². The first-order valence-electron chi connectivity index (χ1n) is 9.35. The summed E-state index contributed by atoms with van der Waals surface area (Å²) >= 11 is 7.17. The molecule has 4 heterocycles. The van der Waals surface area contributed by atoms with Gasteiger partial charge in [0.15, 0.2) is 5.70 Å². The summed E-state index contributed by atoms with van der Waals surface area (Å²) in [5.41, 5.74) is 0.788. The smallest absolute Gasteiger partial charge is 0.260 e. The first-order chi connectivity index (χ1) is 14.5. The summed E-state index contributed by atoms with van der Waals surface area (Å²) in [7, 11) is 0. The van der Waals surface area contributed by atoms with Gasteiger partial charge in [0.2, 0.25) is 0 Å². The lowest BCUT2D eigenvalue weighted by molar-refractivity contribution is 0.716. The molecule has 0 amide bonds. The second-order valence-electron chi connectivity index (χ2n) is 7.57. The van der Waals surface area contributed by atoms with Crippen molar-refractivity contribution in [3.63, 3.8) is 0 Å². The van der Waals surface area contributed by atoms with Crippen molar-refractivity contribution in [2.75, 3.05) is 0 Å². The molecule has 0 saturated heterocycles. The average molecular weight is 522 g/mol. The number of benzene rings is 2. The summed E-state index contributed by atoms with van der Waals surface area (Å²) < 4.78 is 4.58. The number of rotatable bonds is 0. The maximum absolute atomic E-state index is 13.4. The Morgan fingerprint density at radius 2 is 1.43 bits per heavy atom. The molecule has 8 heteroatoms. The maximum atomic E-state index is 13.4. The molecule has 4 aromatic rings. The van der Waals surface area contributed by atoms with Crippen LogP contribution in [0.5, 0.6) is 0 Å². The van der Waals surface area contributed by atoms with E-state index in [2.05, 4.69) is 42.8 Å². The summed E-state index contributed by atoms with van der Waals surface area (Å²) in [5.74, 6) is 0. The molecule has 30 heavy (non-hydrogen) atoms. The van der Waals surface area contributed by atoms with E-state index in [-0.39, 0.29) is 11.1 Å². The minimum Gasteiger partial charge on any atom is -0.318 e. The van der Waals surface area contributed by atoms with Gasteiger partial charge in [-0.2, -0.15) is 5.26 Å². The van der Waals surface area contributed by atoms with Crippen molar-refractivity contribution in [3.05, 3.63) is 63.9 Å². The van der Waals surface area contributed by atoms with Gasteiger partial charge >= 0.3 is 0 Å². The first-order valence-corrected chi connectivity index (χ1v) is 10.9. The molecule has 0 fully saturated rings. The van der Waals surface area contributed by atoms with Crippen molar-refractivity contribution in [3.8, 4) is 6.07 Å². The Kier molecular flexibility index (Phi) is 3.46. The van der Waals surface area contributed by atoms with Crippen molar-refractivity contribution in [1.82, 2.24) is 9.13 Å². The van der Waals surface area contributed by atoms with Gasteiger partial charge in [-0.15, -0.1) is 0 Å². The zero-order valence-electron chi connectivity index (χ0n) is 15.3. The van der Waals surface area contributed by atoms with Crippen LogP contribution in [0.4, 0.5) is 0 Å². The summed E-state index contributed by atoms with van der Waals surface area (Å²) in [4.78, 5) is 30.5. The maximum Gasteiger partial charge on any atom is 0.260 e. The quantitative estimate of drug-likeness (QED) is 0.264. The van der Waals surface area contributed by atoms with Gasteiger partial charge in [-0.05, 0) is 49.4 Å². The Balaban J connectivity index is 2.12. The highest BCUT2D eigenvalue weighted by Crippen LogP contribution is 2.38. The van der Waals surface area contributed by atoms with E-state index in [1.54, 1.807) is 9.13 Å². The van der Waals surface area contributed by atoms with Crippen LogP contribution in [0.15, 0.2) is 30.7 Å². The van der Waals surface area contributed by atoms with Crippen molar-refractivity contribution >= 4 is 75.4 Å². The van der Waals surface area contributed by atoms with Crippen LogP contribution in [0.3, 0.4) is 0 Å². The largest absolute Gasteiger partial charge is 0.318 e. The summed E-state index contributed by atoms with van der Waals surface area (Å²) in [6.45, 7) is 8.51. The number of halogens is 2. The minimum absolute atomic E-state index is 0.168. The number of nitriles is 1. The summed E-state index contributed by atoms with van der Waals surface area (Å²) in [5, 5.41) is 14.8. The van der Waals surface area contributed by atoms with Gasteiger partial charge in [0.1, 0.15) is 0 Å². The Morgan fingerprint density at radius 3 is 2.00 bits per heavy atom. The predicted octanol–water partition coefficient (Wildman–Crippen LogP) is 2.94. The lowest BCUT2D eigenvalue weighted by atomic mass is 9.95. The third-order valence-corrected chi connectivity index (χ3v) is 7.51. The second-order valence-corrected chi connectivity index (χ2v) is 9.28. The Hall–Kier alpha value is -2.94. The van der Waals surface area contributed by atoms with Crippen LogP contribution in [0.25, 0.3) is 48.4 Å². The number of fused-ring (bicyclic) bond motifs is 4. The number of nitrogens with zero attached hydrogens (tertiary/aromatic N) is 4. The van der Waals surface area contributed by atoms with Gasteiger partial charge in [0.25, 0.3) is 11.1 Å². The van der Waals surface area contributed by atoms with E-state index in [4.69, 9.17) is 6.57 Å². The van der Waals surface area contributed by atoms with E-state index in [1.165, 1.54) is 0 Å². The molecule has 6 rings (SSSR count). The molecule has 6 nitrogen and oxygen atoms in total. The lowest BCUT2D eigenvalue weighted by Gasteiger charge is -2.17. The van der Waals surface area contributed by atoms with E-state index in [1.807, 2.05) is 12.1 Å². The predicted molar refractivity (Wildman–Crippen MR) is 122 cm³/mol. The fourth-order valence-electron chi connectivity index (χ4n) is 5.08. The van der Waals surface area contributed by atoms with Crippen LogP contribution in [0.2, 0.25) is 0 Å². The van der Waals surface area contributed by atoms with Gasteiger partial charge in [-0.25, -0.2) is 4.85 Å². The third kappa shape index (κ3) is 1.91. The average Bonchev–Trinajstić information content (AvgIpc) is 3.35. The molecular weight excluding hydrogens is 512 g/mol. The zero-order valence-corrected chi connectivity index (χ0v) is 18.5. The van der Waals surface area contributed by atoms with E-state index in [9.17, 15) is 14.9 Å². The molecule has 0 N–H and O–H groups in total. The molecule has 0 radical (unpaired) electrons. The monoisotopic (exact) mass is 520 g/mol. The molecule has 144 valence electrons. The van der Waals surface area contributed by atoms with Gasteiger partial charge in [-0.1, -0.05) is 0 Å². The summed E-state index contributed by atoms with van der Waals surface area (Å²) in [6, 6.07) is 5.96. The van der Waals surface area contributed by atoms with Crippen LogP contribution in [-0.2, 0) is 13.1 Å². The normalized spacial score (nSPS) is 15.2. The van der Waals surface area contributed by atoms with Crippen LogP contribution in [0, 0.1) is 17.9 Å². The molecule has 0 spiro atoms. The molecule has 0 unspecified atom stereocenters. The van der Waals surface area contributed by atoms with Crippen LogP contribution >= 0.6 is 31.9 Å². The van der Waals surface area contributed by atoms with Gasteiger partial charge in [0, 0.05) is 51.0 Å². The van der Waals surface area contributed by atoms with Crippen LogP contribution < -0.4 is 21.8 Å². The molecule has 0 saturated carbocycles. The zero-order chi connectivity index (χ0) is 20.9. The number of hydrogen-bond donors (Lipinski definition) is 0. The van der Waals surface area contributed by atoms with Gasteiger partial charge in [-0.3, -0.25) is 9.59 Å². The number of hydrogen-bond acceptors (Lipinski definition) is 3. The number of aromatic nitrogens is 2.